The molecule has 0 aliphatic carbocycles. The zero-order valence-corrected chi connectivity index (χ0v) is 14.2. The number of benzene rings is 1. The van der Waals surface area contributed by atoms with Gasteiger partial charge in [0.2, 0.25) is 0 Å². The lowest BCUT2D eigenvalue weighted by Crippen LogP contribution is -2.46. The van der Waals surface area contributed by atoms with Crippen LogP contribution in [0.15, 0.2) is 24.3 Å². The molecule has 2 rings (SSSR count). The first-order valence-corrected chi connectivity index (χ1v) is 8.22. The Morgan fingerprint density at radius 1 is 1.30 bits per heavy atom. The smallest absolute Gasteiger partial charge is 0.308 e. The van der Waals surface area contributed by atoms with Crippen molar-refractivity contribution in [2.24, 2.45) is 5.92 Å². The Labute approximate surface area is 141 Å². The molecule has 1 unspecified atom stereocenters. The van der Waals surface area contributed by atoms with Gasteiger partial charge >= 0.3 is 5.97 Å². The number of rotatable bonds is 5. The van der Waals surface area contributed by atoms with Crippen molar-refractivity contribution in [2.75, 3.05) is 20.2 Å². The summed E-state index contributed by atoms with van der Waals surface area (Å²) in [4.78, 5) is 25.9. The van der Waals surface area contributed by atoms with Gasteiger partial charge in [0, 0.05) is 13.1 Å². The average molecular weight is 340 g/mol. The fraction of sp³-hybridized carbons (Fsp3) is 0.529. The number of ether oxygens (including phenoxy) is 2. The van der Waals surface area contributed by atoms with Crippen molar-refractivity contribution < 1.29 is 19.1 Å². The second kappa shape index (κ2) is 8.20. The molecule has 0 spiro atoms. The second-order valence-electron chi connectivity index (χ2n) is 5.57. The van der Waals surface area contributed by atoms with Gasteiger partial charge in [-0.05, 0) is 31.4 Å². The van der Waals surface area contributed by atoms with Crippen molar-refractivity contribution in [3.8, 4) is 5.75 Å². The van der Waals surface area contributed by atoms with E-state index in [0.717, 1.165) is 0 Å². The number of carbonyl (C=O) groups is 2. The van der Waals surface area contributed by atoms with E-state index in [4.69, 9.17) is 21.1 Å². The third kappa shape index (κ3) is 4.38. The zero-order chi connectivity index (χ0) is 16.8. The molecular formula is C17H22ClNO4. The Morgan fingerprint density at radius 2 is 1.96 bits per heavy atom. The minimum atomic E-state index is -0.565. The van der Waals surface area contributed by atoms with E-state index in [1.165, 1.54) is 7.11 Å². The van der Waals surface area contributed by atoms with Crippen LogP contribution in [0.1, 0.15) is 26.2 Å². The van der Waals surface area contributed by atoms with E-state index in [2.05, 4.69) is 0 Å². The molecule has 1 aromatic carbocycles. The molecule has 1 saturated heterocycles. The van der Waals surface area contributed by atoms with Gasteiger partial charge in [-0.1, -0.05) is 30.7 Å². The van der Waals surface area contributed by atoms with Gasteiger partial charge in [-0.2, -0.15) is 0 Å². The molecule has 1 aliphatic heterocycles. The zero-order valence-electron chi connectivity index (χ0n) is 13.5. The molecule has 1 heterocycles. The van der Waals surface area contributed by atoms with E-state index < -0.39 is 6.10 Å². The molecule has 0 aromatic heterocycles. The average Bonchev–Trinajstić information content (AvgIpc) is 2.60. The molecule has 1 atom stereocenters. The molecule has 1 fully saturated rings. The third-order valence-corrected chi connectivity index (χ3v) is 4.41. The maximum atomic E-state index is 12.6. The summed E-state index contributed by atoms with van der Waals surface area (Å²) in [5.74, 6) is 0.139. The van der Waals surface area contributed by atoms with Crippen LogP contribution in [0.2, 0.25) is 5.02 Å². The first-order valence-electron chi connectivity index (χ1n) is 7.84. The highest BCUT2D eigenvalue weighted by Gasteiger charge is 2.31. The molecule has 1 aromatic rings. The maximum Gasteiger partial charge on any atom is 0.308 e. The van der Waals surface area contributed by atoms with Crippen LogP contribution in [-0.4, -0.2) is 43.1 Å². The van der Waals surface area contributed by atoms with Crippen molar-refractivity contribution in [2.45, 2.75) is 32.3 Å². The molecule has 0 saturated carbocycles. The van der Waals surface area contributed by atoms with Crippen molar-refractivity contribution in [3.05, 3.63) is 29.3 Å². The molecule has 0 radical (unpaired) electrons. The molecule has 6 heteroatoms. The topological polar surface area (TPSA) is 55.8 Å². The Hall–Kier alpha value is -1.75. The Balaban J connectivity index is 1.96. The van der Waals surface area contributed by atoms with Gasteiger partial charge in [-0.3, -0.25) is 9.59 Å². The Kier molecular flexibility index (Phi) is 6.28. The molecule has 0 bridgehead atoms. The van der Waals surface area contributed by atoms with Crippen LogP contribution in [0, 0.1) is 5.92 Å². The highest BCUT2D eigenvalue weighted by atomic mass is 35.5. The summed E-state index contributed by atoms with van der Waals surface area (Å²) >= 11 is 6.08. The molecule has 5 nitrogen and oxygen atoms in total. The van der Waals surface area contributed by atoms with Gasteiger partial charge in [0.1, 0.15) is 5.75 Å². The minimum absolute atomic E-state index is 0.0595. The summed E-state index contributed by atoms with van der Waals surface area (Å²) < 4.78 is 10.6. The quantitative estimate of drug-likeness (QED) is 0.774. The molecular weight excluding hydrogens is 318 g/mol. The number of hydrogen-bond acceptors (Lipinski definition) is 4. The monoisotopic (exact) mass is 339 g/mol. The van der Waals surface area contributed by atoms with Crippen molar-refractivity contribution in [1.29, 1.82) is 0 Å². The number of esters is 1. The van der Waals surface area contributed by atoms with Crippen LogP contribution in [-0.2, 0) is 14.3 Å². The molecule has 126 valence electrons. The number of halogens is 1. The molecule has 1 aliphatic rings. The van der Waals surface area contributed by atoms with Gasteiger partial charge in [-0.25, -0.2) is 0 Å². The lowest BCUT2D eigenvalue weighted by atomic mass is 9.96. The van der Waals surface area contributed by atoms with Crippen LogP contribution in [0.25, 0.3) is 0 Å². The number of para-hydroxylation sites is 1. The van der Waals surface area contributed by atoms with E-state index in [-0.39, 0.29) is 17.8 Å². The highest BCUT2D eigenvalue weighted by Crippen LogP contribution is 2.26. The normalized spacial score (nSPS) is 16.7. The lowest BCUT2D eigenvalue weighted by Gasteiger charge is -2.33. The summed E-state index contributed by atoms with van der Waals surface area (Å²) in [6.07, 6.45) is 1.24. The Bertz CT molecular complexity index is 555. The fourth-order valence-electron chi connectivity index (χ4n) is 2.71. The van der Waals surface area contributed by atoms with Gasteiger partial charge in [-0.15, -0.1) is 0 Å². The number of carbonyl (C=O) groups excluding carboxylic acids is 2. The number of methoxy groups -OCH3 is 1. The van der Waals surface area contributed by atoms with E-state index >= 15 is 0 Å². The summed E-state index contributed by atoms with van der Waals surface area (Å²) in [5.41, 5.74) is 0. The van der Waals surface area contributed by atoms with Crippen molar-refractivity contribution in [3.63, 3.8) is 0 Å². The lowest BCUT2D eigenvalue weighted by molar-refractivity contribution is -0.150. The van der Waals surface area contributed by atoms with Crippen LogP contribution < -0.4 is 4.74 Å². The number of hydrogen-bond donors (Lipinski definition) is 0. The number of likely N-dealkylation sites (tertiary alicyclic amines) is 1. The van der Waals surface area contributed by atoms with Crippen LogP contribution in [0.3, 0.4) is 0 Å². The van der Waals surface area contributed by atoms with E-state index in [9.17, 15) is 9.59 Å². The summed E-state index contributed by atoms with van der Waals surface area (Å²) in [6.45, 7) is 2.99. The van der Waals surface area contributed by atoms with Gasteiger partial charge in [0.25, 0.3) is 5.91 Å². The van der Waals surface area contributed by atoms with Gasteiger partial charge in [0.15, 0.2) is 6.10 Å². The first-order chi connectivity index (χ1) is 11.1. The van der Waals surface area contributed by atoms with Crippen LogP contribution in [0.5, 0.6) is 5.75 Å². The number of piperidine rings is 1. The van der Waals surface area contributed by atoms with Gasteiger partial charge in [0.05, 0.1) is 18.1 Å². The first kappa shape index (κ1) is 17.6. The molecule has 1 amide bonds. The van der Waals surface area contributed by atoms with Gasteiger partial charge < -0.3 is 14.4 Å². The summed E-state index contributed by atoms with van der Waals surface area (Å²) in [6, 6.07) is 7.12. The van der Waals surface area contributed by atoms with Crippen molar-refractivity contribution in [1.82, 2.24) is 4.90 Å². The SMILES string of the molecule is CCC(Oc1ccccc1Cl)C(=O)N1CCC(C(=O)OC)CC1. The molecule has 0 N–H and O–H groups in total. The molecule has 23 heavy (non-hydrogen) atoms. The number of nitrogens with zero attached hydrogens (tertiary/aromatic N) is 1. The standard InChI is InChI=1S/C17H22ClNO4/c1-3-14(23-15-7-5-4-6-13(15)18)16(20)19-10-8-12(9-11-19)17(21)22-2/h4-7,12,14H,3,8-11H2,1-2H3. The van der Waals surface area contributed by atoms with Crippen LogP contribution >= 0.6 is 11.6 Å². The van der Waals surface area contributed by atoms with Crippen molar-refractivity contribution >= 4 is 23.5 Å². The Morgan fingerprint density at radius 3 is 2.52 bits per heavy atom. The van der Waals surface area contributed by atoms with Crippen LogP contribution in [0.4, 0.5) is 0 Å². The summed E-state index contributed by atoms with van der Waals surface area (Å²) in [5, 5.41) is 0.489. The van der Waals surface area contributed by atoms with E-state index in [1.807, 2.05) is 19.1 Å². The predicted octanol–water partition coefficient (Wildman–Crippen LogP) is 2.91. The van der Waals surface area contributed by atoms with E-state index in [1.54, 1.807) is 17.0 Å². The summed E-state index contributed by atoms with van der Waals surface area (Å²) in [7, 11) is 1.39. The second-order valence-corrected chi connectivity index (χ2v) is 5.98. The predicted molar refractivity (Wildman–Crippen MR) is 87.5 cm³/mol. The highest BCUT2D eigenvalue weighted by molar-refractivity contribution is 6.32. The third-order valence-electron chi connectivity index (χ3n) is 4.09. The van der Waals surface area contributed by atoms with E-state index in [0.29, 0.717) is 43.1 Å². The maximum absolute atomic E-state index is 12.6. The minimum Gasteiger partial charge on any atom is -0.479 e. The number of amides is 1. The largest absolute Gasteiger partial charge is 0.479 e. The fourth-order valence-corrected chi connectivity index (χ4v) is 2.89.